The molecule has 0 saturated carbocycles. The summed E-state index contributed by atoms with van der Waals surface area (Å²) >= 11 is 0. The average Bonchev–Trinajstić information content (AvgIpc) is 2.93. The zero-order valence-corrected chi connectivity index (χ0v) is 23.9. The molecule has 0 aromatic heterocycles. The number of nitrogens with zero attached hydrogens (tertiary/aromatic N) is 1. The highest BCUT2D eigenvalue weighted by Gasteiger charge is 2.48. The summed E-state index contributed by atoms with van der Waals surface area (Å²) in [6.07, 6.45) is -9.02. The van der Waals surface area contributed by atoms with Gasteiger partial charge in [-0.15, -0.1) is 0 Å². The number of hydrogen-bond acceptors (Lipinski definition) is 10. The number of nitrogens with one attached hydrogen (secondary N) is 1. The number of amides is 2. The average molecular weight is 591 g/mol. The van der Waals surface area contributed by atoms with Crippen molar-refractivity contribution in [3.63, 3.8) is 0 Å². The van der Waals surface area contributed by atoms with Crippen LogP contribution in [0.1, 0.15) is 38.8 Å². The molecule has 3 unspecified atom stereocenters. The first-order valence-electron chi connectivity index (χ1n) is 13.4. The Bertz CT molecular complexity index is 1220. The van der Waals surface area contributed by atoms with Crippen molar-refractivity contribution in [3.8, 4) is 5.75 Å². The summed E-state index contributed by atoms with van der Waals surface area (Å²) in [7, 11) is 0. The van der Waals surface area contributed by atoms with E-state index in [4.69, 9.17) is 18.9 Å². The van der Waals surface area contributed by atoms with Crippen LogP contribution in [0.15, 0.2) is 48.5 Å². The van der Waals surface area contributed by atoms with Gasteiger partial charge in [0.25, 0.3) is 0 Å². The Kier molecular flexibility index (Phi) is 11.3. The molecule has 5 N–H and O–H groups in total. The first kappa shape index (κ1) is 32.8. The topological polar surface area (TPSA) is 184 Å². The minimum atomic E-state index is -1.88. The second-order valence-electron chi connectivity index (χ2n) is 10.5. The smallest absolute Gasteiger partial charge is 0.411 e. The third kappa shape index (κ3) is 8.87. The summed E-state index contributed by atoms with van der Waals surface area (Å²) in [4.78, 5) is 37.4. The Labute approximate surface area is 243 Å². The van der Waals surface area contributed by atoms with Crippen molar-refractivity contribution in [3.05, 3.63) is 59.7 Å². The highest BCUT2D eigenvalue weighted by Crippen LogP contribution is 2.31. The van der Waals surface area contributed by atoms with Gasteiger partial charge in [-0.05, 0) is 44.0 Å². The lowest BCUT2D eigenvalue weighted by Crippen LogP contribution is -2.61. The molecule has 0 radical (unpaired) electrons. The fourth-order valence-corrected chi connectivity index (χ4v) is 4.23. The molecule has 1 heterocycles. The van der Waals surface area contributed by atoms with Gasteiger partial charge >= 0.3 is 12.1 Å². The Morgan fingerprint density at radius 1 is 1.00 bits per heavy atom. The van der Waals surface area contributed by atoms with Crippen LogP contribution in [0.3, 0.4) is 0 Å². The summed E-state index contributed by atoms with van der Waals surface area (Å²) < 4.78 is 22.2. The fraction of sp³-hybridized carbons (Fsp3) is 0.483. The van der Waals surface area contributed by atoms with Gasteiger partial charge in [0.15, 0.2) is 6.10 Å². The molecule has 5 atom stereocenters. The summed E-state index contributed by atoms with van der Waals surface area (Å²) in [5, 5.41) is 42.0. The summed E-state index contributed by atoms with van der Waals surface area (Å²) in [6, 6.07) is 14.2. The second kappa shape index (κ2) is 14.4. The number of carbonyl (C=O) groups is 3. The van der Waals surface area contributed by atoms with Crippen LogP contribution < -0.4 is 10.1 Å². The number of rotatable bonds is 12. The molecule has 0 spiro atoms. The predicted molar refractivity (Wildman–Crippen MR) is 148 cm³/mol. The quantitative estimate of drug-likeness (QED) is 0.227. The van der Waals surface area contributed by atoms with Crippen LogP contribution >= 0.6 is 0 Å². The largest absolute Gasteiger partial charge is 0.479 e. The number of aliphatic hydroxyl groups is 3. The highest BCUT2D eigenvalue weighted by atomic mass is 16.7. The third-order valence-corrected chi connectivity index (χ3v) is 6.50. The minimum Gasteiger partial charge on any atom is -0.479 e. The number of carbonyl (C=O) groups excluding carboxylic acids is 2. The van der Waals surface area contributed by atoms with Crippen molar-refractivity contribution < 1.29 is 53.8 Å². The van der Waals surface area contributed by atoms with E-state index in [1.54, 1.807) is 6.92 Å². The molecular formula is C29H38N2O11. The molecule has 3 rings (SSSR count). The van der Waals surface area contributed by atoms with E-state index in [2.05, 4.69) is 5.32 Å². The van der Waals surface area contributed by atoms with Crippen LogP contribution in [0.5, 0.6) is 5.75 Å². The molecule has 1 aliphatic rings. The van der Waals surface area contributed by atoms with Gasteiger partial charge in [-0.1, -0.05) is 36.4 Å². The molecule has 2 aromatic rings. The SMILES string of the molecule is CCN(COC(C)(C)Cc1ccccc1)C(=O)OCc1ccc(O[C@H]2OC(C(=O)O)C(O)[C@H](O)C2O)c(NC(C)=O)c1. The number of aliphatic hydroxyl groups excluding tert-OH is 3. The van der Waals surface area contributed by atoms with Gasteiger partial charge in [0.1, 0.15) is 37.4 Å². The number of aliphatic carboxylic acids is 1. The van der Waals surface area contributed by atoms with Gasteiger partial charge in [0, 0.05) is 19.9 Å². The maximum atomic E-state index is 12.8. The fourth-order valence-electron chi connectivity index (χ4n) is 4.23. The molecular weight excluding hydrogens is 552 g/mol. The minimum absolute atomic E-state index is 0.0146. The molecule has 1 aliphatic heterocycles. The van der Waals surface area contributed by atoms with E-state index in [-0.39, 0.29) is 24.8 Å². The third-order valence-electron chi connectivity index (χ3n) is 6.50. The molecule has 13 nitrogen and oxygen atoms in total. The number of ether oxygens (including phenoxy) is 4. The van der Waals surface area contributed by atoms with Gasteiger partial charge in [-0.25, -0.2) is 9.59 Å². The van der Waals surface area contributed by atoms with E-state index in [1.807, 2.05) is 44.2 Å². The van der Waals surface area contributed by atoms with Crippen molar-refractivity contribution >= 4 is 23.7 Å². The standard InChI is InChI=1S/C29H38N2O11/c1-5-31(16-40-29(3,4)14-18-9-7-6-8-10-18)28(38)39-15-19-11-12-21(20(13-19)30-17(2)32)41-27-24(35)22(33)23(34)25(42-27)26(36)37/h6-13,22-25,27,33-35H,5,14-16H2,1-4H3,(H,30,32)(H,36,37)/t22-,23?,24?,25?,27-/m0/s1. The summed E-state index contributed by atoms with van der Waals surface area (Å²) in [5.41, 5.74) is 1.16. The molecule has 2 aromatic carbocycles. The number of benzene rings is 2. The van der Waals surface area contributed by atoms with Crippen LogP contribution in [-0.4, -0.2) is 92.9 Å². The molecule has 13 heteroatoms. The Balaban J connectivity index is 1.64. The van der Waals surface area contributed by atoms with Crippen molar-refractivity contribution in [2.24, 2.45) is 0 Å². The number of carboxylic acid groups (broad SMARTS) is 1. The lowest BCUT2D eigenvalue weighted by molar-refractivity contribution is -0.271. The molecule has 1 fully saturated rings. The van der Waals surface area contributed by atoms with Crippen LogP contribution in [-0.2, 0) is 36.8 Å². The van der Waals surface area contributed by atoms with E-state index < -0.39 is 54.3 Å². The van der Waals surface area contributed by atoms with Crippen LogP contribution in [0.4, 0.5) is 10.5 Å². The zero-order chi connectivity index (χ0) is 31.0. The first-order valence-corrected chi connectivity index (χ1v) is 13.4. The molecule has 1 saturated heterocycles. The van der Waals surface area contributed by atoms with E-state index >= 15 is 0 Å². The van der Waals surface area contributed by atoms with Gasteiger partial charge in [0.05, 0.1) is 11.3 Å². The predicted octanol–water partition coefficient (Wildman–Crippen LogP) is 1.87. The molecule has 0 bridgehead atoms. The Hall–Kier alpha value is -3.75. The van der Waals surface area contributed by atoms with Gasteiger partial charge in [-0.3, -0.25) is 9.69 Å². The van der Waals surface area contributed by atoms with E-state index in [1.165, 1.54) is 30.0 Å². The summed E-state index contributed by atoms with van der Waals surface area (Å²) in [6.45, 7) is 7.11. The molecule has 0 aliphatic carbocycles. The van der Waals surface area contributed by atoms with Crippen LogP contribution in [0.2, 0.25) is 0 Å². The Morgan fingerprint density at radius 2 is 1.69 bits per heavy atom. The second-order valence-corrected chi connectivity index (χ2v) is 10.5. The maximum Gasteiger partial charge on any atom is 0.411 e. The van der Waals surface area contributed by atoms with E-state index in [9.17, 15) is 34.8 Å². The first-order chi connectivity index (χ1) is 19.8. The van der Waals surface area contributed by atoms with Gasteiger partial charge < -0.3 is 44.7 Å². The van der Waals surface area contributed by atoms with E-state index in [0.29, 0.717) is 18.5 Å². The maximum absolute atomic E-state index is 12.8. The monoisotopic (exact) mass is 590 g/mol. The Morgan fingerprint density at radius 3 is 2.31 bits per heavy atom. The number of carboxylic acids is 1. The molecule has 2 amide bonds. The number of hydrogen-bond donors (Lipinski definition) is 5. The van der Waals surface area contributed by atoms with E-state index in [0.717, 1.165) is 5.56 Å². The van der Waals surface area contributed by atoms with Crippen molar-refractivity contribution in [1.29, 1.82) is 0 Å². The normalized spacial score (nSPS) is 22.2. The number of anilines is 1. The highest BCUT2D eigenvalue weighted by molar-refractivity contribution is 5.90. The molecule has 42 heavy (non-hydrogen) atoms. The van der Waals surface area contributed by atoms with Gasteiger partial charge in [0.2, 0.25) is 12.2 Å². The van der Waals surface area contributed by atoms with Crippen LogP contribution in [0, 0.1) is 0 Å². The summed E-state index contributed by atoms with van der Waals surface area (Å²) in [5.74, 6) is -2.06. The zero-order valence-electron chi connectivity index (χ0n) is 23.9. The van der Waals surface area contributed by atoms with Crippen molar-refractivity contribution in [2.75, 3.05) is 18.6 Å². The molecule has 230 valence electrons. The lowest BCUT2D eigenvalue weighted by Gasteiger charge is -2.38. The van der Waals surface area contributed by atoms with Gasteiger partial charge in [-0.2, -0.15) is 0 Å². The lowest BCUT2D eigenvalue weighted by atomic mass is 9.98. The van der Waals surface area contributed by atoms with Crippen molar-refractivity contribution in [1.82, 2.24) is 4.90 Å². The van der Waals surface area contributed by atoms with Crippen molar-refractivity contribution in [2.45, 2.75) is 77.0 Å². The van der Waals surface area contributed by atoms with Crippen LogP contribution in [0.25, 0.3) is 0 Å².